The molecule has 0 saturated carbocycles. The van der Waals surface area contributed by atoms with Crippen LogP contribution in [0, 0.1) is 5.92 Å². The van der Waals surface area contributed by atoms with Crippen molar-refractivity contribution in [2.45, 2.75) is 65.1 Å². The number of amides is 1. The van der Waals surface area contributed by atoms with Crippen molar-refractivity contribution >= 4 is 5.91 Å². The molecule has 3 atom stereocenters. The lowest BCUT2D eigenvalue weighted by atomic mass is 9.90. The Morgan fingerprint density at radius 3 is 2.32 bits per heavy atom. The number of nitrogens with one attached hydrogen (secondary N) is 2. The van der Waals surface area contributed by atoms with Gasteiger partial charge in [-0.15, -0.1) is 0 Å². The summed E-state index contributed by atoms with van der Waals surface area (Å²) in [5.74, 6) is 0.917. The van der Waals surface area contributed by atoms with E-state index < -0.39 is 0 Å². The first-order chi connectivity index (χ1) is 8.99. The molecule has 0 aromatic heterocycles. The van der Waals surface area contributed by atoms with Crippen LogP contribution in [0.3, 0.4) is 0 Å². The van der Waals surface area contributed by atoms with E-state index in [-0.39, 0.29) is 18.0 Å². The van der Waals surface area contributed by atoms with E-state index in [1.807, 2.05) is 14.0 Å². The molecule has 0 radical (unpaired) electrons. The first-order valence-corrected chi connectivity index (χ1v) is 7.71. The first kappa shape index (κ1) is 16.4. The fourth-order valence-electron chi connectivity index (χ4n) is 2.67. The van der Waals surface area contributed by atoms with Crippen LogP contribution in [0.4, 0.5) is 0 Å². The summed E-state index contributed by atoms with van der Waals surface area (Å²) in [4.78, 5) is 14.4. The van der Waals surface area contributed by atoms with Crippen molar-refractivity contribution in [2.75, 3.05) is 20.1 Å². The van der Waals surface area contributed by atoms with Crippen LogP contribution in [0.2, 0.25) is 0 Å². The molecule has 0 aromatic carbocycles. The van der Waals surface area contributed by atoms with Crippen LogP contribution in [-0.4, -0.2) is 49.1 Å². The van der Waals surface area contributed by atoms with Gasteiger partial charge in [0, 0.05) is 12.1 Å². The topological polar surface area (TPSA) is 44.4 Å². The number of carbonyl (C=O) groups excluding carboxylic acids is 1. The maximum absolute atomic E-state index is 12.1. The van der Waals surface area contributed by atoms with Gasteiger partial charge in [0.1, 0.15) is 0 Å². The van der Waals surface area contributed by atoms with Gasteiger partial charge in [-0.3, -0.25) is 9.69 Å². The van der Waals surface area contributed by atoms with Crippen LogP contribution < -0.4 is 10.6 Å². The molecule has 4 nitrogen and oxygen atoms in total. The van der Waals surface area contributed by atoms with Gasteiger partial charge in [0.2, 0.25) is 5.91 Å². The van der Waals surface area contributed by atoms with Gasteiger partial charge in [0.05, 0.1) is 6.04 Å². The summed E-state index contributed by atoms with van der Waals surface area (Å²) in [6.07, 6.45) is 3.35. The molecule has 1 heterocycles. The van der Waals surface area contributed by atoms with Gasteiger partial charge in [0.25, 0.3) is 0 Å². The second kappa shape index (κ2) is 7.85. The van der Waals surface area contributed by atoms with Gasteiger partial charge in [-0.1, -0.05) is 6.92 Å². The summed E-state index contributed by atoms with van der Waals surface area (Å²) in [6.45, 7) is 10.5. The summed E-state index contributed by atoms with van der Waals surface area (Å²) in [6, 6.07) is 0.850. The Bertz CT molecular complexity index is 275. The van der Waals surface area contributed by atoms with E-state index >= 15 is 0 Å². The van der Waals surface area contributed by atoms with Gasteiger partial charge >= 0.3 is 0 Å². The molecule has 2 N–H and O–H groups in total. The third-order valence-corrected chi connectivity index (χ3v) is 4.66. The Balaban J connectivity index is 2.40. The molecule has 1 amide bonds. The number of piperidine rings is 1. The van der Waals surface area contributed by atoms with Crippen molar-refractivity contribution < 1.29 is 4.79 Å². The van der Waals surface area contributed by atoms with Crippen molar-refractivity contribution in [2.24, 2.45) is 5.92 Å². The number of likely N-dealkylation sites (tertiary alicyclic amines) is 1. The monoisotopic (exact) mass is 269 g/mol. The van der Waals surface area contributed by atoms with Crippen LogP contribution in [0.15, 0.2) is 0 Å². The van der Waals surface area contributed by atoms with Gasteiger partial charge < -0.3 is 10.6 Å². The van der Waals surface area contributed by atoms with Crippen molar-refractivity contribution in [1.29, 1.82) is 0 Å². The molecule has 3 unspecified atom stereocenters. The lowest BCUT2D eigenvalue weighted by Crippen LogP contribution is -2.51. The maximum atomic E-state index is 12.1. The minimum absolute atomic E-state index is 0.000146. The molecule has 0 spiro atoms. The summed E-state index contributed by atoms with van der Waals surface area (Å²) < 4.78 is 0. The highest BCUT2D eigenvalue weighted by Crippen LogP contribution is 2.21. The van der Waals surface area contributed by atoms with E-state index in [2.05, 4.69) is 36.3 Å². The van der Waals surface area contributed by atoms with Gasteiger partial charge in [-0.2, -0.15) is 0 Å². The molecule has 1 aliphatic heterocycles. The molecule has 19 heavy (non-hydrogen) atoms. The summed E-state index contributed by atoms with van der Waals surface area (Å²) in [5.41, 5.74) is 0. The number of hydrogen-bond donors (Lipinski definition) is 2. The highest BCUT2D eigenvalue weighted by molar-refractivity contribution is 5.81. The molecule has 1 aliphatic rings. The predicted octanol–water partition coefficient (Wildman–Crippen LogP) is 1.61. The zero-order valence-corrected chi connectivity index (χ0v) is 13.2. The highest BCUT2D eigenvalue weighted by Gasteiger charge is 2.28. The average Bonchev–Trinajstić information content (AvgIpc) is 2.45. The SMILES string of the molecule is CCC(C)NC(=O)C(C)N1CCC(C(C)NC)CC1. The number of rotatable bonds is 6. The molecule has 0 bridgehead atoms. The second-order valence-corrected chi connectivity index (χ2v) is 5.94. The van der Waals surface area contributed by atoms with E-state index in [0.717, 1.165) is 25.4 Å². The minimum atomic E-state index is -0.000146. The van der Waals surface area contributed by atoms with Gasteiger partial charge in [-0.05, 0) is 66.1 Å². The van der Waals surface area contributed by atoms with Crippen molar-refractivity contribution in [3.63, 3.8) is 0 Å². The van der Waals surface area contributed by atoms with Gasteiger partial charge in [0.15, 0.2) is 0 Å². The molecular weight excluding hydrogens is 238 g/mol. The zero-order valence-electron chi connectivity index (χ0n) is 13.2. The predicted molar refractivity (Wildman–Crippen MR) is 80.2 cm³/mol. The van der Waals surface area contributed by atoms with E-state index in [1.165, 1.54) is 12.8 Å². The van der Waals surface area contributed by atoms with Crippen molar-refractivity contribution in [3.05, 3.63) is 0 Å². The van der Waals surface area contributed by atoms with Crippen molar-refractivity contribution in [1.82, 2.24) is 15.5 Å². The van der Waals surface area contributed by atoms with Crippen LogP contribution in [-0.2, 0) is 4.79 Å². The summed E-state index contributed by atoms with van der Waals surface area (Å²) >= 11 is 0. The normalized spacial score (nSPS) is 22.8. The quantitative estimate of drug-likeness (QED) is 0.770. The zero-order chi connectivity index (χ0) is 14.4. The van der Waals surface area contributed by atoms with Crippen LogP contribution in [0.1, 0.15) is 47.0 Å². The van der Waals surface area contributed by atoms with Crippen molar-refractivity contribution in [3.8, 4) is 0 Å². The number of carbonyl (C=O) groups is 1. The first-order valence-electron chi connectivity index (χ1n) is 7.71. The average molecular weight is 269 g/mol. The highest BCUT2D eigenvalue weighted by atomic mass is 16.2. The molecule has 1 saturated heterocycles. The van der Waals surface area contributed by atoms with E-state index in [1.54, 1.807) is 0 Å². The standard InChI is InChI=1S/C15H31N3O/c1-6-11(2)17-15(19)13(4)18-9-7-14(8-10-18)12(3)16-5/h11-14,16H,6-10H2,1-5H3,(H,17,19). The Hall–Kier alpha value is -0.610. The third kappa shape index (κ3) is 4.77. The fourth-order valence-corrected chi connectivity index (χ4v) is 2.67. The molecule has 4 heteroatoms. The largest absolute Gasteiger partial charge is 0.352 e. The smallest absolute Gasteiger partial charge is 0.237 e. The van der Waals surface area contributed by atoms with Crippen LogP contribution in [0.25, 0.3) is 0 Å². The van der Waals surface area contributed by atoms with Crippen LogP contribution in [0.5, 0.6) is 0 Å². The second-order valence-electron chi connectivity index (χ2n) is 5.94. The van der Waals surface area contributed by atoms with Crippen LogP contribution >= 0.6 is 0 Å². The lowest BCUT2D eigenvalue weighted by molar-refractivity contribution is -0.127. The fraction of sp³-hybridized carbons (Fsp3) is 0.933. The molecule has 1 fully saturated rings. The Morgan fingerprint density at radius 2 is 1.84 bits per heavy atom. The molecule has 0 aliphatic carbocycles. The third-order valence-electron chi connectivity index (χ3n) is 4.66. The minimum Gasteiger partial charge on any atom is -0.352 e. The van der Waals surface area contributed by atoms with E-state index in [0.29, 0.717) is 6.04 Å². The lowest BCUT2D eigenvalue weighted by Gasteiger charge is -2.37. The Morgan fingerprint density at radius 1 is 1.26 bits per heavy atom. The number of hydrogen-bond acceptors (Lipinski definition) is 3. The van der Waals surface area contributed by atoms with E-state index in [4.69, 9.17) is 0 Å². The molecular formula is C15H31N3O. The molecule has 0 aromatic rings. The maximum Gasteiger partial charge on any atom is 0.237 e. The summed E-state index contributed by atoms with van der Waals surface area (Å²) in [5, 5.41) is 6.42. The summed E-state index contributed by atoms with van der Waals surface area (Å²) in [7, 11) is 2.03. The van der Waals surface area contributed by atoms with Gasteiger partial charge in [-0.25, -0.2) is 0 Å². The Kier molecular flexibility index (Phi) is 6.80. The Labute approximate surface area is 118 Å². The molecule has 112 valence electrons. The molecule has 1 rings (SSSR count). The van der Waals surface area contributed by atoms with E-state index in [9.17, 15) is 4.79 Å². The number of nitrogens with zero attached hydrogens (tertiary/aromatic N) is 1.